The summed E-state index contributed by atoms with van der Waals surface area (Å²) in [5.74, 6) is -7.96. The van der Waals surface area contributed by atoms with E-state index in [-0.39, 0.29) is 55.6 Å². The van der Waals surface area contributed by atoms with Crippen LogP contribution in [0.1, 0.15) is 176 Å². The third-order valence-corrected chi connectivity index (χ3v) is 19.5. The maximum atomic E-state index is 15.4. The topological polar surface area (TPSA) is 270 Å². The summed E-state index contributed by atoms with van der Waals surface area (Å²) in [4.78, 5) is 174. The van der Waals surface area contributed by atoms with Gasteiger partial charge in [-0.2, -0.15) is 11.8 Å². The van der Waals surface area contributed by atoms with Crippen molar-refractivity contribution in [2.24, 2.45) is 41.4 Å². The van der Waals surface area contributed by atoms with Gasteiger partial charge in [0.1, 0.15) is 66.5 Å². The Morgan fingerprint density at radius 3 is 1.48 bits per heavy atom. The Bertz CT molecular complexity index is 2550. The van der Waals surface area contributed by atoms with Gasteiger partial charge in [0.2, 0.25) is 65.0 Å². The molecule has 526 valence electrons. The summed E-state index contributed by atoms with van der Waals surface area (Å²) in [5.41, 5.74) is 0. The largest absolute Gasteiger partial charge is 0.390 e. The van der Waals surface area contributed by atoms with Crippen LogP contribution in [-0.4, -0.2) is 249 Å². The number of amides is 11. The number of nitrogens with zero attached hydrogens (tertiary/aromatic N) is 8. The number of nitrogens with one attached hydrogen (secondary N) is 3. The molecule has 2 heterocycles. The van der Waals surface area contributed by atoms with E-state index in [1.165, 1.54) is 109 Å². The Balaban J connectivity index is 3.08. The Hall–Kier alpha value is -5.78. The summed E-state index contributed by atoms with van der Waals surface area (Å²) in [6.07, 6.45) is 4.80. The van der Waals surface area contributed by atoms with Crippen molar-refractivity contribution in [3.05, 3.63) is 12.2 Å². The molecule has 0 radical (unpaired) electrons. The fraction of sp³-hybridized carbons (Fsp3) is 0.809. The minimum atomic E-state index is -1.62. The van der Waals surface area contributed by atoms with E-state index < -0.39 is 161 Å². The number of carbonyl (C=O) groups is 11. The number of hydrogen-bond acceptors (Lipinski definition) is 13. The summed E-state index contributed by atoms with van der Waals surface area (Å²) in [5, 5.41) is 20.8. The molecule has 14 atom stereocenters. The first-order valence-electron chi connectivity index (χ1n) is 33.6. The maximum Gasteiger partial charge on any atom is 0.246 e. The third-order valence-electron chi connectivity index (χ3n) is 18.4. The lowest BCUT2D eigenvalue weighted by Crippen LogP contribution is -2.64. The van der Waals surface area contributed by atoms with Crippen molar-refractivity contribution in [1.82, 2.24) is 55.1 Å². The quantitative estimate of drug-likeness (QED) is 0.0950. The molecule has 11 amide bonds. The van der Waals surface area contributed by atoms with E-state index in [1.54, 1.807) is 54.5 Å². The summed E-state index contributed by atoms with van der Waals surface area (Å²) < 4.78 is 0. The van der Waals surface area contributed by atoms with Crippen LogP contribution in [0.25, 0.3) is 0 Å². The lowest BCUT2D eigenvalue weighted by Gasteiger charge is -2.41. The van der Waals surface area contributed by atoms with Crippen molar-refractivity contribution in [3.63, 3.8) is 0 Å². The van der Waals surface area contributed by atoms with Gasteiger partial charge in [-0.3, -0.25) is 52.7 Å². The highest BCUT2D eigenvalue weighted by Crippen LogP contribution is 2.29. The van der Waals surface area contributed by atoms with E-state index in [0.717, 1.165) is 17.7 Å². The molecule has 0 aromatic carbocycles. The molecule has 1 unspecified atom stereocenters. The predicted molar refractivity (Wildman–Crippen MR) is 362 cm³/mol. The van der Waals surface area contributed by atoms with Crippen LogP contribution < -0.4 is 16.0 Å². The lowest BCUT2D eigenvalue weighted by atomic mass is 9.91. The number of likely N-dealkylation sites (N-methyl/N-ethyl adjacent to an activating group) is 7. The molecule has 0 spiro atoms. The molecule has 24 heteroatoms. The van der Waals surface area contributed by atoms with Gasteiger partial charge in [-0.1, -0.05) is 116 Å². The van der Waals surface area contributed by atoms with Crippen LogP contribution in [0.5, 0.6) is 0 Å². The number of aliphatic hydroxyl groups excluding tert-OH is 1. The fourth-order valence-electron chi connectivity index (χ4n) is 12.5. The number of aliphatic hydroxyl groups is 1. The van der Waals surface area contributed by atoms with Gasteiger partial charge in [-0.15, -0.1) is 0 Å². The highest BCUT2D eigenvalue weighted by atomic mass is 32.2. The second-order valence-electron chi connectivity index (χ2n) is 28.6. The van der Waals surface area contributed by atoms with Gasteiger partial charge in [0.05, 0.1) is 6.10 Å². The molecule has 92 heavy (non-hydrogen) atoms. The van der Waals surface area contributed by atoms with Crippen LogP contribution in [0.2, 0.25) is 0 Å². The van der Waals surface area contributed by atoms with E-state index >= 15 is 28.8 Å². The zero-order chi connectivity index (χ0) is 70.8. The first-order chi connectivity index (χ1) is 42.6. The Kier molecular flexibility index (Phi) is 33.4. The summed E-state index contributed by atoms with van der Waals surface area (Å²) >= 11 is 1.47. The Labute approximate surface area is 556 Å². The molecule has 23 nitrogen and oxygen atoms in total. The van der Waals surface area contributed by atoms with Crippen molar-refractivity contribution in [2.45, 2.75) is 255 Å². The predicted octanol–water partition coefficient (Wildman–Crippen LogP) is 5.27. The van der Waals surface area contributed by atoms with Crippen LogP contribution in [0.3, 0.4) is 0 Å². The molecular formula is C68H121N11O12S. The minimum Gasteiger partial charge on any atom is -0.390 e. The Morgan fingerprint density at radius 1 is 0.511 bits per heavy atom. The third kappa shape index (κ3) is 21.6. The fourth-order valence-corrected chi connectivity index (χ4v) is 13.6. The first-order valence-corrected chi connectivity index (χ1v) is 34.8. The van der Waals surface area contributed by atoms with Crippen LogP contribution in [0, 0.1) is 41.4 Å². The van der Waals surface area contributed by atoms with Crippen LogP contribution in [-0.2, 0) is 52.7 Å². The molecule has 4 N–H and O–H groups in total. The lowest BCUT2D eigenvalue weighted by molar-refractivity contribution is -0.157. The van der Waals surface area contributed by atoms with Gasteiger partial charge in [-0.25, -0.2) is 0 Å². The standard InChI is InChI=1S/C68H121N11O12S/c1-26-28-31-44(15)57(80)56-60(83)70-48(27-2)62(85)76(23)53(37-92-32-29-30-38(3)4)65(88)72(19)49(33-39(5)6)59(82)71-54(42(11)12)67(90)75(22)52-36-45(16)79(66(52)89)47(18)58(81)69-46(17)61(84)73(20)50(34-40(7)8)63(86)74(21)51(35-41(9)10)64(87)77(24)55(43(13)14)68(91)78(56)25/h26,28,38-57,80H,27,29-37H2,1-25H3,(H,69,81)(H,70,83)(H,71,82)/b28-26+/t44-,45?,46+,47-,48-,49+,50-,51-,52-,53-,54-,55-,56-,57-/m1/s1. The first kappa shape index (κ1) is 82.3. The van der Waals surface area contributed by atoms with E-state index in [4.69, 9.17) is 0 Å². The van der Waals surface area contributed by atoms with Crippen molar-refractivity contribution in [2.75, 3.05) is 60.8 Å². The van der Waals surface area contributed by atoms with Crippen molar-refractivity contribution < 1.29 is 57.8 Å². The zero-order valence-corrected chi connectivity index (χ0v) is 61.5. The number of allylic oxidation sites excluding steroid dienone is 2. The van der Waals surface area contributed by atoms with Gasteiger partial charge >= 0.3 is 0 Å². The number of fused-ring (bicyclic) bond motifs is 2. The average Bonchev–Trinajstić information content (AvgIpc) is 1.43. The van der Waals surface area contributed by atoms with E-state index in [1.807, 2.05) is 54.5 Å². The van der Waals surface area contributed by atoms with Gasteiger partial charge < -0.3 is 60.3 Å². The van der Waals surface area contributed by atoms with E-state index in [2.05, 4.69) is 29.8 Å². The molecule has 2 aliphatic rings. The molecule has 0 aliphatic carbocycles. The average molecular weight is 1320 g/mol. The van der Waals surface area contributed by atoms with Crippen molar-refractivity contribution >= 4 is 76.7 Å². The molecule has 2 rings (SSSR count). The number of thioether (sulfide) groups is 1. The highest BCUT2D eigenvalue weighted by Gasteiger charge is 2.49. The summed E-state index contributed by atoms with van der Waals surface area (Å²) in [6, 6.07) is -13.9. The SMILES string of the molecule is C/C=C/C[C@@H](C)[C@@H](O)[C@@H]1C(=O)N[C@H](CC)C(=O)N(C)[C@H](CSCCCC(C)C)C(=O)N(C)[C@@H](CC(C)C)C(=O)N[C@H](C(C)C)C(=O)N(C)[C@@H]2CC(C)N(C2=O)[C@H](C)C(=O)N[C@@H](C)C(=O)N(C)[C@H](CC(C)C)C(=O)N(C)[C@H](CC(C)C)C(=O)N(C)[C@H](C(C)C)C(=O)N1C. The Morgan fingerprint density at radius 2 is 0.989 bits per heavy atom. The summed E-state index contributed by atoms with van der Waals surface area (Å²) in [6.45, 7) is 32.5. The van der Waals surface area contributed by atoms with Crippen molar-refractivity contribution in [1.29, 1.82) is 0 Å². The molecule has 2 aliphatic heterocycles. The second-order valence-corrected chi connectivity index (χ2v) is 29.7. The molecule has 2 fully saturated rings. The molecule has 2 bridgehead atoms. The molecule has 0 aromatic heterocycles. The number of hydrogen-bond donors (Lipinski definition) is 4. The van der Waals surface area contributed by atoms with E-state index in [0.29, 0.717) is 18.1 Å². The van der Waals surface area contributed by atoms with Crippen LogP contribution in [0.4, 0.5) is 0 Å². The second kappa shape index (κ2) is 37.3. The van der Waals surface area contributed by atoms with Crippen molar-refractivity contribution in [3.8, 4) is 0 Å². The smallest absolute Gasteiger partial charge is 0.246 e. The van der Waals surface area contributed by atoms with Gasteiger partial charge in [0.25, 0.3) is 0 Å². The number of carbonyl (C=O) groups excluding carboxylic acids is 11. The minimum absolute atomic E-state index is 0.0209. The molecule has 0 saturated carbocycles. The van der Waals surface area contributed by atoms with Gasteiger partial charge in [0.15, 0.2) is 0 Å². The monoisotopic (exact) mass is 1320 g/mol. The van der Waals surface area contributed by atoms with Crippen LogP contribution >= 0.6 is 11.8 Å². The molecular weight excluding hydrogens is 1190 g/mol. The summed E-state index contributed by atoms with van der Waals surface area (Å²) in [7, 11) is 10.2. The van der Waals surface area contributed by atoms with Gasteiger partial charge in [-0.05, 0) is 120 Å². The maximum absolute atomic E-state index is 15.4. The van der Waals surface area contributed by atoms with E-state index in [9.17, 15) is 29.1 Å². The van der Waals surface area contributed by atoms with Gasteiger partial charge in [0, 0.05) is 61.1 Å². The van der Waals surface area contributed by atoms with Crippen LogP contribution in [0.15, 0.2) is 12.2 Å². The molecule has 0 aromatic rings. The number of rotatable bonds is 19. The molecule has 2 saturated heterocycles. The highest BCUT2D eigenvalue weighted by molar-refractivity contribution is 7.99. The zero-order valence-electron chi connectivity index (χ0n) is 60.7. The normalized spacial score (nSPS) is 28.0.